The largest absolute Gasteiger partial charge is 0.477 e. The standard InChI is InChI=1S/C42H30N2O2S2/c1-2-44-37-6-4-3-5-27(37)10-13-31-19-29(15-16-38(31)44)28-11-12-30-23-39-36(22-34(30)20-28)40(47)41(48-39)32-14-9-26-8-7-25(17-33(26)21-32)18-35(24-43)42(45)46/h3-9,11-12,14-23,47H,2,10,13H2,1H3,(H,45,46)/b35-18+. The van der Waals surface area contributed by atoms with Crippen molar-refractivity contribution in [2.24, 2.45) is 0 Å². The van der Waals surface area contributed by atoms with Gasteiger partial charge in [-0.2, -0.15) is 5.26 Å². The van der Waals surface area contributed by atoms with Gasteiger partial charge in [-0.15, -0.1) is 24.0 Å². The summed E-state index contributed by atoms with van der Waals surface area (Å²) in [6.45, 7) is 3.15. The molecule has 7 aromatic rings. The summed E-state index contributed by atoms with van der Waals surface area (Å²) in [5, 5.41) is 24.0. The van der Waals surface area contributed by atoms with Crippen LogP contribution in [0.4, 0.5) is 11.4 Å². The number of nitriles is 1. The van der Waals surface area contributed by atoms with Gasteiger partial charge >= 0.3 is 5.97 Å². The van der Waals surface area contributed by atoms with Crippen molar-refractivity contribution in [3.05, 3.63) is 131 Å². The molecule has 2 heterocycles. The van der Waals surface area contributed by atoms with Crippen molar-refractivity contribution in [3.8, 4) is 27.6 Å². The predicted molar refractivity (Wildman–Crippen MR) is 203 cm³/mol. The second-order valence-corrected chi connectivity index (χ2v) is 13.7. The van der Waals surface area contributed by atoms with E-state index in [1.165, 1.54) is 55.2 Å². The highest BCUT2D eigenvalue weighted by Gasteiger charge is 2.20. The number of carbonyl (C=O) groups is 1. The van der Waals surface area contributed by atoms with E-state index in [2.05, 4.69) is 103 Å². The number of rotatable bonds is 5. The van der Waals surface area contributed by atoms with E-state index >= 15 is 0 Å². The Balaban J connectivity index is 1.16. The van der Waals surface area contributed by atoms with Crippen molar-refractivity contribution >= 4 is 79.0 Å². The number of benzene rings is 6. The zero-order chi connectivity index (χ0) is 32.9. The number of aryl methyl sites for hydroxylation is 2. The molecule has 6 aromatic carbocycles. The summed E-state index contributed by atoms with van der Waals surface area (Å²) >= 11 is 6.77. The first-order chi connectivity index (χ1) is 23.4. The average molecular weight is 659 g/mol. The summed E-state index contributed by atoms with van der Waals surface area (Å²) in [5.41, 5.74) is 9.25. The smallest absolute Gasteiger partial charge is 0.346 e. The monoisotopic (exact) mass is 658 g/mol. The third-order valence-corrected chi connectivity index (χ3v) is 11.2. The predicted octanol–water partition coefficient (Wildman–Crippen LogP) is 11.1. The Bertz CT molecular complexity index is 2520. The summed E-state index contributed by atoms with van der Waals surface area (Å²) < 4.78 is 1.18. The molecule has 8 rings (SSSR count). The first-order valence-electron chi connectivity index (χ1n) is 16.0. The Hall–Kier alpha value is -5.35. The van der Waals surface area contributed by atoms with Crippen molar-refractivity contribution in [3.63, 3.8) is 0 Å². The van der Waals surface area contributed by atoms with Gasteiger partial charge in [0.05, 0.1) is 0 Å². The summed E-state index contributed by atoms with van der Waals surface area (Å²) in [5.74, 6) is -1.23. The van der Waals surface area contributed by atoms with Crippen LogP contribution in [-0.2, 0) is 17.6 Å². The normalized spacial score (nSPS) is 12.9. The molecule has 0 radical (unpaired) electrons. The minimum atomic E-state index is -1.23. The molecule has 0 amide bonds. The molecule has 6 heteroatoms. The third kappa shape index (κ3) is 5.22. The summed E-state index contributed by atoms with van der Waals surface area (Å²) in [7, 11) is 0. The topological polar surface area (TPSA) is 64.3 Å². The lowest BCUT2D eigenvalue weighted by Gasteiger charge is -2.25. The van der Waals surface area contributed by atoms with Crippen molar-refractivity contribution in [1.29, 1.82) is 5.26 Å². The van der Waals surface area contributed by atoms with Crippen LogP contribution in [0.3, 0.4) is 0 Å². The number of carboxylic acids is 1. The molecule has 0 saturated carbocycles. The average Bonchev–Trinajstić information content (AvgIpc) is 3.33. The Morgan fingerprint density at radius 3 is 2.33 bits per heavy atom. The van der Waals surface area contributed by atoms with Crippen molar-refractivity contribution in [2.45, 2.75) is 24.7 Å². The molecule has 0 bridgehead atoms. The molecule has 0 unspecified atom stereocenters. The quantitative estimate of drug-likeness (QED) is 0.110. The first kappa shape index (κ1) is 30.0. The Morgan fingerprint density at radius 1 is 0.812 bits per heavy atom. The lowest BCUT2D eigenvalue weighted by Crippen LogP contribution is -2.17. The number of hydrogen-bond acceptors (Lipinski definition) is 5. The molecule has 4 nitrogen and oxygen atoms in total. The minimum Gasteiger partial charge on any atom is -0.477 e. The van der Waals surface area contributed by atoms with E-state index in [1.807, 2.05) is 18.2 Å². The van der Waals surface area contributed by atoms with Gasteiger partial charge in [-0.1, -0.05) is 60.7 Å². The van der Waals surface area contributed by atoms with Gasteiger partial charge in [0, 0.05) is 37.8 Å². The first-order valence-corrected chi connectivity index (χ1v) is 17.2. The second kappa shape index (κ2) is 12.0. The molecule has 0 aliphatic carbocycles. The van der Waals surface area contributed by atoms with Crippen LogP contribution in [0.1, 0.15) is 23.6 Å². The molecular formula is C42H30N2O2S2. The fourth-order valence-corrected chi connectivity index (χ4v) is 8.62. The molecule has 0 saturated heterocycles. The number of carboxylic acid groups (broad SMARTS) is 1. The molecule has 232 valence electrons. The maximum atomic E-state index is 11.4. The minimum absolute atomic E-state index is 0.293. The summed E-state index contributed by atoms with van der Waals surface area (Å²) in [4.78, 5) is 15.8. The number of thiol groups is 1. The Morgan fingerprint density at radius 2 is 1.50 bits per heavy atom. The molecule has 1 aliphatic rings. The van der Waals surface area contributed by atoms with E-state index in [4.69, 9.17) is 12.6 Å². The SMILES string of the molecule is CCN1c2ccccc2CCc2cc(-c3ccc4cc5sc(-c6ccc7ccc(/C=C(\C#N)C(=O)O)cc7c6)c(S)c5cc4c3)ccc21. The van der Waals surface area contributed by atoms with Crippen LogP contribution >= 0.6 is 24.0 Å². The number of para-hydroxylation sites is 1. The Kier molecular flexibility index (Phi) is 7.52. The van der Waals surface area contributed by atoms with Gasteiger partial charge in [0.25, 0.3) is 0 Å². The van der Waals surface area contributed by atoms with Crippen molar-refractivity contribution < 1.29 is 9.90 Å². The van der Waals surface area contributed by atoms with Crippen molar-refractivity contribution in [1.82, 2.24) is 0 Å². The molecule has 48 heavy (non-hydrogen) atoms. The lowest BCUT2D eigenvalue weighted by molar-refractivity contribution is -0.132. The number of nitrogens with zero attached hydrogens (tertiary/aromatic N) is 2. The fraction of sp³-hybridized carbons (Fsp3) is 0.0952. The van der Waals surface area contributed by atoms with E-state index in [0.29, 0.717) is 5.56 Å². The zero-order valence-corrected chi connectivity index (χ0v) is 27.9. The van der Waals surface area contributed by atoms with Crippen LogP contribution in [0.25, 0.3) is 59.3 Å². The van der Waals surface area contributed by atoms with Gasteiger partial charge in [-0.25, -0.2) is 4.79 Å². The van der Waals surface area contributed by atoms with Gasteiger partial charge in [0.2, 0.25) is 0 Å². The highest BCUT2D eigenvalue weighted by Crippen LogP contribution is 2.44. The number of hydrogen-bond donors (Lipinski definition) is 2. The molecule has 0 fully saturated rings. The molecular weight excluding hydrogens is 629 g/mol. The van der Waals surface area contributed by atoms with Crippen LogP contribution in [0.5, 0.6) is 0 Å². The highest BCUT2D eigenvalue weighted by atomic mass is 32.1. The maximum Gasteiger partial charge on any atom is 0.346 e. The number of thiophene rings is 1. The highest BCUT2D eigenvalue weighted by molar-refractivity contribution is 7.81. The van der Waals surface area contributed by atoms with Gasteiger partial charge in [0.15, 0.2) is 0 Å². The van der Waals surface area contributed by atoms with Crippen LogP contribution in [0.2, 0.25) is 0 Å². The van der Waals surface area contributed by atoms with Gasteiger partial charge in [-0.05, 0) is 129 Å². The van der Waals surface area contributed by atoms with E-state index < -0.39 is 5.97 Å². The van der Waals surface area contributed by atoms with Gasteiger partial charge < -0.3 is 10.0 Å². The summed E-state index contributed by atoms with van der Waals surface area (Å²) in [6.07, 6.45) is 3.45. The third-order valence-electron chi connectivity index (χ3n) is 9.38. The number of anilines is 2. The number of fused-ring (bicyclic) bond motifs is 5. The maximum absolute atomic E-state index is 11.4. The van der Waals surface area contributed by atoms with E-state index in [1.54, 1.807) is 17.4 Å². The van der Waals surface area contributed by atoms with E-state index in [9.17, 15) is 15.2 Å². The van der Waals surface area contributed by atoms with Gasteiger partial charge in [0.1, 0.15) is 11.6 Å². The van der Waals surface area contributed by atoms with Crippen LogP contribution < -0.4 is 4.90 Å². The van der Waals surface area contributed by atoms with E-state index in [-0.39, 0.29) is 5.57 Å². The van der Waals surface area contributed by atoms with Crippen LogP contribution in [0, 0.1) is 11.3 Å². The molecule has 0 atom stereocenters. The fourth-order valence-electron chi connectivity index (χ4n) is 6.96. The number of aliphatic carboxylic acids is 1. The van der Waals surface area contributed by atoms with Crippen LogP contribution in [-0.4, -0.2) is 17.6 Å². The molecule has 0 spiro atoms. The molecule has 1 aromatic heterocycles. The molecule has 1 aliphatic heterocycles. The molecule has 1 N–H and O–H groups in total. The lowest BCUT2D eigenvalue weighted by atomic mass is 9.96. The van der Waals surface area contributed by atoms with Gasteiger partial charge in [-0.3, -0.25) is 0 Å². The van der Waals surface area contributed by atoms with Crippen molar-refractivity contribution in [2.75, 3.05) is 11.4 Å². The summed E-state index contributed by atoms with van der Waals surface area (Å²) in [6, 6.07) is 40.7. The second-order valence-electron chi connectivity index (χ2n) is 12.2. The van der Waals surface area contributed by atoms with E-state index in [0.717, 1.165) is 50.9 Å². The van der Waals surface area contributed by atoms with Crippen LogP contribution in [0.15, 0.2) is 120 Å². The zero-order valence-electron chi connectivity index (χ0n) is 26.2. The Labute approximate surface area is 288 Å².